The molecule has 0 amide bonds. The van der Waals surface area contributed by atoms with Crippen LogP contribution in [-0.4, -0.2) is 15.7 Å². The second-order valence-electron chi connectivity index (χ2n) is 8.98. The fourth-order valence-corrected chi connectivity index (χ4v) is 4.69. The summed E-state index contributed by atoms with van der Waals surface area (Å²) in [5.74, 6) is 0. The van der Waals surface area contributed by atoms with Gasteiger partial charge >= 0.3 is 0 Å². The van der Waals surface area contributed by atoms with Gasteiger partial charge in [0.05, 0.1) is 17.1 Å². The Labute approximate surface area is 228 Å². The van der Waals surface area contributed by atoms with E-state index in [4.69, 9.17) is 28.2 Å². The van der Waals surface area contributed by atoms with Gasteiger partial charge in [0, 0.05) is 34.1 Å². The van der Waals surface area contributed by atoms with Gasteiger partial charge in [-0.2, -0.15) is 0 Å². The summed E-state index contributed by atoms with van der Waals surface area (Å²) in [5.41, 5.74) is 11.4. The van der Waals surface area contributed by atoms with Crippen LogP contribution in [0.5, 0.6) is 0 Å². The van der Waals surface area contributed by atoms with E-state index in [0.717, 1.165) is 57.8 Å². The Bertz CT molecular complexity index is 1440. The van der Waals surface area contributed by atoms with Crippen LogP contribution in [-0.2, 0) is 12.8 Å². The second-order valence-corrected chi connectivity index (χ2v) is 9.86. The first-order chi connectivity index (χ1) is 17.0. The van der Waals surface area contributed by atoms with Gasteiger partial charge < -0.3 is 9.97 Å². The first-order valence-electron chi connectivity index (χ1n) is 11.8. The maximum Gasteiger partial charge on any atom is 0.0904 e. The van der Waals surface area contributed by atoms with Crippen molar-refractivity contribution in [3.05, 3.63) is 134 Å². The lowest BCUT2D eigenvalue weighted by Gasteiger charge is -2.02. The lowest BCUT2D eigenvalue weighted by atomic mass is 10.0. The van der Waals surface area contributed by atoms with Gasteiger partial charge in [-0.1, -0.05) is 54.4 Å². The van der Waals surface area contributed by atoms with Crippen molar-refractivity contribution in [2.75, 3.05) is 0 Å². The number of aliphatic imine (C=N–C) groups is 1. The minimum absolute atomic E-state index is 0. The van der Waals surface area contributed by atoms with Crippen molar-refractivity contribution in [1.82, 2.24) is 9.97 Å². The molecule has 0 unspecified atom stereocenters. The molecule has 2 N–H and O–H groups in total. The van der Waals surface area contributed by atoms with E-state index in [9.17, 15) is 0 Å². The molecule has 0 saturated carbocycles. The third kappa shape index (κ3) is 6.04. The molecule has 1 aliphatic heterocycles. The molecule has 0 spiro atoms. The molecule has 3 heterocycles. The summed E-state index contributed by atoms with van der Waals surface area (Å²) in [6.45, 7) is 4.26. The number of aromatic amines is 2. The van der Waals surface area contributed by atoms with Crippen LogP contribution >= 0.6 is 35.6 Å². The second kappa shape index (κ2) is 11.4. The van der Waals surface area contributed by atoms with Crippen LogP contribution < -0.4 is 0 Å². The molecule has 6 heteroatoms. The number of benzene rings is 2. The van der Waals surface area contributed by atoms with Gasteiger partial charge in [-0.15, -0.1) is 12.4 Å². The average molecular weight is 537 g/mol. The van der Waals surface area contributed by atoms with E-state index in [1.54, 1.807) is 0 Å². The van der Waals surface area contributed by atoms with Gasteiger partial charge in [-0.3, -0.25) is 0 Å². The van der Waals surface area contributed by atoms with Crippen LogP contribution in [0.4, 0.5) is 0 Å². The SMILES string of the molecule is CCC1=CC(=Cc2[nH]c(Cc3ccc(Cl)cc3)cc2Cc2ccc(Cl)cc2)N=C1c1cc(C)c[nH]1.Cl. The van der Waals surface area contributed by atoms with E-state index < -0.39 is 0 Å². The quantitative estimate of drug-likeness (QED) is 0.237. The Morgan fingerprint density at radius 1 is 0.889 bits per heavy atom. The standard InChI is InChI=1S/C30H27Cl2N3.ClH/c1-3-22-15-27(35-30(22)29-12-19(2)18-33-29)17-28-23(13-20-4-8-24(31)9-5-20)16-26(34-28)14-21-6-10-25(32)11-7-21;/h4-12,15-18,33-34H,3,13-14H2,1-2H3;1H. The smallest absolute Gasteiger partial charge is 0.0904 e. The lowest BCUT2D eigenvalue weighted by Crippen LogP contribution is -2.01. The molecule has 36 heavy (non-hydrogen) atoms. The maximum absolute atomic E-state index is 6.11. The molecule has 5 rings (SSSR count). The molecule has 4 aromatic rings. The zero-order chi connectivity index (χ0) is 24.4. The van der Waals surface area contributed by atoms with Crippen molar-refractivity contribution < 1.29 is 0 Å². The summed E-state index contributed by atoms with van der Waals surface area (Å²) in [6, 6.07) is 20.5. The summed E-state index contributed by atoms with van der Waals surface area (Å²) in [6.07, 6.45) is 8.92. The average Bonchev–Trinajstić information content (AvgIpc) is 3.56. The monoisotopic (exact) mass is 535 g/mol. The number of allylic oxidation sites excluding steroid dienone is 2. The molecular formula is C30H28Cl3N3. The largest absolute Gasteiger partial charge is 0.360 e. The highest BCUT2D eigenvalue weighted by atomic mass is 35.5. The normalized spacial score (nSPS) is 14.1. The van der Waals surface area contributed by atoms with E-state index in [1.807, 2.05) is 30.5 Å². The van der Waals surface area contributed by atoms with Gasteiger partial charge in [0.25, 0.3) is 0 Å². The molecule has 1 aliphatic rings. The molecular weight excluding hydrogens is 509 g/mol. The highest BCUT2D eigenvalue weighted by Gasteiger charge is 2.18. The summed E-state index contributed by atoms with van der Waals surface area (Å²) < 4.78 is 0. The van der Waals surface area contributed by atoms with Crippen molar-refractivity contribution in [2.24, 2.45) is 4.99 Å². The number of halogens is 3. The minimum atomic E-state index is 0. The molecule has 3 nitrogen and oxygen atoms in total. The molecule has 0 saturated heterocycles. The third-order valence-corrected chi connectivity index (χ3v) is 6.73. The van der Waals surface area contributed by atoms with Crippen molar-refractivity contribution >= 4 is 47.4 Å². The zero-order valence-electron chi connectivity index (χ0n) is 20.2. The number of aryl methyl sites for hydroxylation is 1. The molecule has 2 aromatic heterocycles. The first-order valence-corrected chi connectivity index (χ1v) is 12.6. The third-order valence-electron chi connectivity index (χ3n) is 6.23. The molecule has 0 atom stereocenters. The van der Waals surface area contributed by atoms with Gasteiger partial charge in [0.1, 0.15) is 0 Å². The van der Waals surface area contributed by atoms with E-state index in [2.05, 4.69) is 72.4 Å². The maximum atomic E-state index is 6.11. The van der Waals surface area contributed by atoms with Crippen molar-refractivity contribution in [3.8, 4) is 0 Å². The Morgan fingerprint density at radius 2 is 1.53 bits per heavy atom. The highest BCUT2D eigenvalue weighted by Crippen LogP contribution is 2.27. The minimum Gasteiger partial charge on any atom is -0.360 e. The van der Waals surface area contributed by atoms with Crippen LogP contribution in [0.15, 0.2) is 89.2 Å². The summed E-state index contributed by atoms with van der Waals surface area (Å²) in [5, 5.41) is 1.50. The van der Waals surface area contributed by atoms with Crippen LogP contribution in [0.25, 0.3) is 6.08 Å². The van der Waals surface area contributed by atoms with Crippen LogP contribution in [0.3, 0.4) is 0 Å². The Morgan fingerprint density at radius 3 is 2.11 bits per heavy atom. The number of nitrogens with one attached hydrogen (secondary N) is 2. The number of hydrogen-bond donors (Lipinski definition) is 2. The predicted molar refractivity (Wildman–Crippen MR) is 155 cm³/mol. The van der Waals surface area contributed by atoms with E-state index in [-0.39, 0.29) is 12.4 Å². The zero-order valence-corrected chi connectivity index (χ0v) is 22.6. The van der Waals surface area contributed by atoms with Crippen molar-refractivity contribution in [2.45, 2.75) is 33.1 Å². The van der Waals surface area contributed by atoms with Crippen molar-refractivity contribution in [3.63, 3.8) is 0 Å². The fraction of sp³-hybridized carbons (Fsp3) is 0.167. The van der Waals surface area contributed by atoms with Crippen LogP contribution in [0.1, 0.15) is 52.7 Å². The van der Waals surface area contributed by atoms with Gasteiger partial charge in [0.2, 0.25) is 0 Å². The lowest BCUT2D eigenvalue weighted by molar-refractivity contribution is 1.10. The predicted octanol–water partition coefficient (Wildman–Crippen LogP) is 8.74. The number of H-pyrrole nitrogens is 2. The van der Waals surface area contributed by atoms with Crippen LogP contribution in [0, 0.1) is 6.92 Å². The molecule has 0 fully saturated rings. The summed E-state index contributed by atoms with van der Waals surface area (Å²) >= 11 is 12.2. The van der Waals surface area contributed by atoms with E-state index in [1.165, 1.54) is 27.8 Å². The first kappa shape index (κ1) is 26.1. The topological polar surface area (TPSA) is 43.9 Å². The summed E-state index contributed by atoms with van der Waals surface area (Å²) in [4.78, 5) is 12.0. The van der Waals surface area contributed by atoms with Crippen LogP contribution in [0.2, 0.25) is 10.0 Å². The Hall–Kier alpha value is -2.98. The van der Waals surface area contributed by atoms with E-state index >= 15 is 0 Å². The molecule has 0 radical (unpaired) electrons. The number of hydrogen-bond acceptors (Lipinski definition) is 1. The number of nitrogens with zero attached hydrogens (tertiary/aromatic N) is 1. The number of aromatic nitrogens is 2. The Kier molecular flexibility index (Phi) is 8.25. The molecule has 2 aromatic carbocycles. The Balaban J connectivity index is 0.00000304. The highest BCUT2D eigenvalue weighted by molar-refractivity contribution is 6.30. The van der Waals surface area contributed by atoms with Crippen molar-refractivity contribution in [1.29, 1.82) is 0 Å². The van der Waals surface area contributed by atoms with E-state index in [0.29, 0.717) is 0 Å². The van der Waals surface area contributed by atoms with Gasteiger partial charge in [0.15, 0.2) is 0 Å². The summed E-state index contributed by atoms with van der Waals surface area (Å²) in [7, 11) is 0. The van der Waals surface area contributed by atoms with Gasteiger partial charge in [-0.05, 0) is 96.1 Å². The van der Waals surface area contributed by atoms with Gasteiger partial charge in [-0.25, -0.2) is 4.99 Å². The molecule has 0 aliphatic carbocycles. The molecule has 0 bridgehead atoms. The fourth-order valence-electron chi connectivity index (χ4n) is 4.44. The molecule has 184 valence electrons. The number of rotatable bonds is 7.